The lowest BCUT2D eigenvalue weighted by Gasteiger charge is -2.18. The molecule has 138 valence electrons. The highest BCUT2D eigenvalue weighted by Gasteiger charge is 2.15. The number of amides is 2. The van der Waals surface area contributed by atoms with Crippen molar-refractivity contribution in [2.24, 2.45) is 0 Å². The maximum Gasteiger partial charge on any atom is 0.259 e. The number of hydrogen-bond acceptors (Lipinski definition) is 4. The average Bonchev–Trinajstić information content (AvgIpc) is 2.68. The van der Waals surface area contributed by atoms with Crippen LogP contribution in [0.2, 0.25) is 0 Å². The Bertz CT molecular complexity index is 768. The number of ether oxygens (including phenoxy) is 2. The van der Waals surface area contributed by atoms with E-state index in [2.05, 4.69) is 5.32 Å². The molecule has 2 aromatic carbocycles. The van der Waals surface area contributed by atoms with E-state index in [1.165, 1.54) is 14.2 Å². The van der Waals surface area contributed by atoms with Crippen molar-refractivity contribution in [1.29, 1.82) is 0 Å². The van der Waals surface area contributed by atoms with Gasteiger partial charge in [0.2, 0.25) is 0 Å². The van der Waals surface area contributed by atoms with Crippen molar-refractivity contribution in [3.05, 3.63) is 53.6 Å². The molecule has 0 aromatic heterocycles. The lowest BCUT2D eigenvalue weighted by molar-refractivity contribution is 0.0773. The second kappa shape index (κ2) is 8.89. The summed E-state index contributed by atoms with van der Waals surface area (Å²) in [6.07, 6.45) is 0. The summed E-state index contributed by atoms with van der Waals surface area (Å²) in [6, 6.07) is 11.9. The molecule has 0 aliphatic carbocycles. The average molecular weight is 356 g/mol. The Balaban J connectivity index is 2.16. The molecular formula is C20H24N2O4. The van der Waals surface area contributed by atoms with Gasteiger partial charge in [-0.15, -0.1) is 0 Å². The summed E-state index contributed by atoms with van der Waals surface area (Å²) in [4.78, 5) is 26.6. The molecule has 0 radical (unpaired) electrons. The first-order chi connectivity index (χ1) is 12.5. The van der Waals surface area contributed by atoms with E-state index in [0.717, 1.165) is 0 Å². The van der Waals surface area contributed by atoms with Crippen LogP contribution < -0.4 is 14.8 Å². The largest absolute Gasteiger partial charge is 0.497 e. The molecule has 2 amide bonds. The zero-order valence-corrected chi connectivity index (χ0v) is 15.5. The summed E-state index contributed by atoms with van der Waals surface area (Å²) in [6.45, 7) is 5.20. The van der Waals surface area contributed by atoms with Gasteiger partial charge in [0, 0.05) is 24.3 Å². The fourth-order valence-corrected chi connectivity index (χ4v) is 2.58. The molecule has 0 unspecified atom stereocenters. The van der Waals surface area contributed by atoms with Gasteiger partial charge < -0.3 is 19.7 Å². The Hall–Kier alpha value is -3.02. The highest BCUT2D eigenvalue weighted by molar-refractivity contribution is 6.06. The van der Waals surface area contributed by atoms with Crippen LogP contribution >= 0.6 is 0 Å². The van der Waals surface area contributed by atoms with Crippen LogP contribution in [0.15, 0.2) is 42.5 Å². The topological polar surface area (TPSA) is 67.9 Å². The van der Waals surface area contributed by atoms with Crippen LogP contribution in [0.3, 0.4) is 0 Å². The highest BCUT2D eigenvalue weighted by atomic mass is 16.5. The molecule has 0 fully saturated rings. The number of hydrogen-bond donors (Lipinski definition) is 1. The standard InChI is InChI=1S/C20H24N2O4/c1-5-22(6-2)20(24)14-7-9-15(10-8-14)21-19(23)17-13-16(25-3)11-12-18(17)26-4/h7-13H,5-6H2,1-4H3,(H,21,23). The fourth-order valence-electron chi connectivity index (χ4n) is 2.58. The quantitative estimate of drug-likeness (QED) is 0.825. The van der Waals surface area contributed by atoms with Gasteiger partial charge in [0.15, 0.2) is 0 Å². The van der Waals surface area contributed by atoms with E-state index in [0.29, 0.717) is 41.4 Å². The van der Waals surface area contributed by atoms with E-state index in [9.17, 15) is 9.59 Å². The molecule has 0 bridgehead atoms. The lowest BCUT2D eigenvalue weighted by Crippen LogP contribution is -2.30. The van der Waals surface area contributed by atoms with Crippen molar-refractivity contribution in [3.8, 4) is 11.5 Å². The first kappa shape index (κ1) is 19.3. The van der Waals surface area contributed by atoms with Gasteiger partial charge in [-0.1, -0.05) is 0 Å². The molecule has 0 atom stereocenters. The summed E-state index contributed by atoms with van der Waals surface area (Å²) >= 11 is 0. The maximum atomic E-state index is 12.6. The van der Waals surface area contributed by atoms with Crippen LogP contribution in [0.25, 0.3) is 0 Å². The van der Waals surface area contributed by atoms with Gasteiger partial charge in [0.05, 0.1) is 19.8 Å². The van der Waals surface area contributed by atoms with E-state index >= 15 is 0 Å². The Morgan fingerprint density at radius 3 is 2.15 bits per heavy atom. The molecule has 0 spiro atoms. The first-order valence-corrected chi connectivity index (χ1v) is 8.46. The fraction of sp³-hybridized carbons (Fsp3) is 0.300. The van der Waals surface area contributed by atoms with Crippen LogP contribution in [0.4, 0.5) is 5.69 Å². The Morgan fingerprint density at radius 2 is 1.62 bits per heavy atom. The summed E-state index contributed by atoms with van der Waals surface area (Å²) in [7, 11) is 3.04. The zero-order chi connectivity index (χ0) is 19.1. The smallest absolute Gasteiger partial charge is 0.259 e. The number of benzene rings is 2. The molecule has 6 nitrogen and oxygen atoms in total. The van der Waals surface area contributed by atoms with Crippen LogP contribution in [-0.2, 0) is 0 Å². The molecule has 0 aliphatic heterocycles. The van der Waals surface area contributed by atoms with Gasteiger partial charge in [0.25, 0.3) is 11.8 Å². The molecule has 0 heterocycles. The second-order valence-corrected chi connectivity index (χ2v) is 5.58. The third kappa shape index (κ3) is 4.33. The van der Waals surface area contributed by atoms with Crippen LogP contribution in [0.1, 0.15) is 34.6 Å². The van der Waals surface area contributed by atoms with Crippen LogP contribution in [0, 0.1) is 0 Å². The molecule has 2 rings (SSSR count). The second-order valence-electron chi connectivity index (χ2n) is 5.58. The lowest BCUT2D eigenvalue weighted by atomic mass is 10.1. The normalized spacial score (nSPS) is 10.2. The minimum absolute atomic E-state index is 0.0256. The highest BCUT2D eigenvalue weighted by Crippen LogP contribution is 2.25. The molecule has 26 heavy (non-hydrogen) atoms. The number of anilines is 1. The van der Waals surface area contributed by atoms with E-state index in [1.54, 1.807) is 47.4 Å². The van der Waals surface area contributed by atoms with Crippen molar-refractivity contribution < 1.29 is 19.1 Å². The molecule has 1 N–H and O–H groups in total. The number of carbonyl (C=O) groups excluding carboxylic acids is 2. The molecular weight excluding hydrogens is 332 g/mol. The Kier molecular flexibility index (Phi) is 6.60. The minimum atomic E-state index is -0.316. The molecule has 0 saturated carbocycles. The number of rotatable bonds is 7. The van der Waals surface area contributed by atoms with Gasteiger partial charge in [-0.25, -0.2) is 0 Å². The number of carbonyl (C=O) groups is 2. The maximum absolute atomic E-state index is 12.6. The third-order valence-electron chi connectivity index (χ3n) is 4.09. The van der Waals surface area contributed by atoms with E-state index in [-0.39, 0.29) is 11.8 Å². The summed E-state index contributed by atoms with van der Waals surface area (Å²) < 4.78 is 10.4. The molecule has 6 heteroatoms. The number of methoxy groups -OCH3 is 2. The third-order valence-corrected chi connectivity index (χ3v) is 4.09. The van der Waals surface area contributed by atoms with Gasteiger partial charge in [-0.3, -0.25) is 9.59 Å². The first-order valence-electron chi connectivity index (χ1n) is 8.46. The molecule has 2 aromatic rings. The van der Waals surface area contributed by atoms with Crippen molar-refractivity contribution >= 4 is 17.5 Å². The van der Waals surface area contributed by atoms with Crippen LogP contribution in [-0.4, -0.2) is 44.0 Å². The predicted octanol–water partition coefficient (Wildman–Crippen LogP) is 3.44. The van der Waals surface area contributed by atoms with E-state index < -0.39 is 0 Å². The zero-order valence-electron chi connectivity index (χ0n) is 15.5. The predicted molar refractivity (Wildman–Crippen MR) is 101 cm³/mol. The van der Waals surface area contributed by atoms with Gasteiger partial charge in [-0.2, -0.15) is 0 Å². The van der Waals surface area contributed by atoms with E-state index in [4.69, 9.17) is 9.47 Å². The number of nitrogens with zero attached hydrogens (tertiary/aromatic N) is 1. The monoisotopic (exact) mass is 356 g/mol. The van der Waals surface area contributed by atoms with Gasteiger partial charge >= 0.3 is 0 Å². The van der Waals surface area contributed by atoms with Crippen molar-refractivity contribution in [2.45, 2.75) is 13.8 Å². The molecule has 0 saturated heterocycles. The summed E-state index contributed by atoms with van der Waals surface area (Å²) in [5.41, 5.74) is 1.55. The van der Waals surface area contributed by atoms with Crippen molar-refractivity contribution in [2.75, 3.05) is 32.6 Å². The minimum Gasteiger partial charge on any atom is -0.497 e. The van der Waals surface area contributed by atoms with E-state index in [1.807, 2.05) is 13.8 Å². The SMILES string of the molecule is CCN(CC)C(=O)c1ccc(NC(=O)c2cc(OC)ccc2OC)cc1. The Morgan fingerprint density at radius 1 is 0.962 bits per heavy atom. The van der Waals surface area contributed by atoms with Gasteiger partial charge in [-0.05, 0) is 56.3 Å². The van der Waals surface area contributed by atoms with Crippen LogP contribution in [0.5, 0.6) is 11.5 Å². The van der Waals surface area contributed by atoms with Gasteiger partial charge in [0.1, 0.15) is 11.5 Å². The summed E-state index contributed by atoms with van der Waals surface area (Å²) in [5.74, 6) is 0.679. The Labute approximate surface area is 153 Å². The summed E-state index contributed by atoms with van der Waals surface area (Å²) in [5, 5.41) is 2.81. The number of nitrogens with one attached hydrogen (secondary N) is 1. The van der Waals surface area contributed by atoms with Crippen molar-refractivity contribution in [1.82, 2.24) is 4.90 Å². The van der Waals surface area contributed by atoms with Crippen molar-refractivity contribution in [3.63, 3.8) is 0 Å². The molecule has 0 aliphatic rings.